The van der Waals surface area contributed by atoms with Crippen LogP contribution in [0.15, 0.2) is 17.1 Å². The van der Waals surface area contributed by atoms with Crippen molar-refractivity contribution in [2.45, 2.75) is 26.8 Å². The van der Waals surface area contributed by atoms with Gasteiger partial charge in [0.2, 0.25) is 5.91 Å². The normalized spacial score (nSPS) is 11.9. The van der Waals surface area contributed by atoms with Gasteiger partial charge in [-0.3, -0.25) is 9.59 Å². The Morgan fingerprint density at radius 1 is 1.32 bits per heavy atom. The zero-order valence-electron chi connectivity index (χ0n) is 12.1. The van der Waals surface area contributed by atoms with Gasteiger partial charge in [-0.1, -0.05) is 41.5 Å². The summed E-state index contributed by atoms with van der Waals surface area (Å²) in [7, 11) is 0. The molecule has 0 N–H and O–H groups in total. The predicted octanol–water partition coefficient (Wildman–Crippen LogP) is 3.41. The van der Waals surface area contributed by atoms with Crippen LogP contribution in [0.2, 0.25) is 10.0 Å². The highest BCUT2D eigenvalue weighted by Gasteiger charge is 2.16. The zero-order valence-corrected chi connectivity index (χ0v) is 14.4. The van der Waals surface area contributed by atoms with Crippen molar-refractivity contribution in [2.24, 2.45) is 4.99 Å². The standard InChI is InChI=1S/C14H14Cl2N2O3S/c1-3-10(19)17-14-18(7-11(20)21-4-2)13-9(22-14)6-5-8(15)12(13)16/h5-6H,3-4,7H2,1-2H3. The second-order valence-corrected chi connectivity index (χ2v) is 6.14. The predicted molar refractivity (Wildman–Crippen MR) is 87.3 cm³/mol. The summed E-state index contributed by atoms with van der Waals surface area (Å²) in [5, 5.41) is 0.697. The summed E-state index contributed by atoms with van der Waals surface area (Å²) in [6, 6.07) is 3.45. The van der Waals surface area contributed by atoms with Crippen LogP contribution in [0.25, 0.3) is 10.2 Å². The van der Waals surface area contributed by atoms with Gasteiger partial charge < -0.3 is 9.30 Å². The van der Waals surface area contributed by atoms with Gasteiger partial charge in [0.05, 0.1) is 26.9 Å². The van der Waals surface area contributed by atoms with E-state index in [2.05, 4.69) is 4.99 Å². The van der Waals surface area contributed by atoms with Crippen molar-refractivity contribution in [1.82, 2.24) is 4.57 Å². The molecule has 0 saturated carbocycles. The van der Waals surface area contributed by atoms with E-state index in [-0.39, 0.29) is 25.5 Å². The lowest BCUT2D eigenvalue weighted by Gasteiger charge is -2.06. The number of thiazole rings is 1. The molecule has 1 aromatic heterocycles. The van der Waals surface area contributed by atoms with Gasteiger partial charge >= 0.3 is 5.97 Å². The van der Waals surface area contributed by atoms with Gasteiger partial charge in [-0.2, -0.15) is 4.99 Å². The molecular weight excluding hydrogens is 347 g/mol. The average Bonchev–Trinajstić information content (AvgIpc) is 2.81. The van der Waals surface area contributed by atoms with E-state index in [1.807, 2.05) is 0 Å². The molecule has 0 spiro atoms. The smallest absolute Gasteiger partial charge is 0.326 e. The molecule has 0 saturated heterocycles. The second kappa shape index (κ2) is 7.26. The lowest BCUT2D eigenvalue weighted by molar-refractivity contribution is -0.143. The maximum atomic E-state index is 11.8. The Balaban J connectivity index is 2.68. The van der Waals surface area contributed by atoms with Crippen molar-refractivity contribution in [2.75, 3.05) is 6.61 Å². The minimum Gasteiger partial charge on any atom is -0.465 e. The highest BCUT2D eigenvalue weighted by Crippen LogP contribution is 2.32. The molecule has 0 bridgehead atoms. The van der Waals surface area contributed by atoms with Crippen molar-refractivity contribution in [3.05, 3.63) is 27.0 Å². The largest absolute Gasteiger partial charge is 0.465 e. The number of ether oxygens (including phenoxy) is 1. The zero-order chi connectivity index (χ0) is 16.3. The van der Waals surface area contributed by atoms with Crippen LogP contribution < -0.4 is 4.80 Å². The molecule has 118 valence electrons. The van der Waals surface area contributed by atoms with Crippen molar-refractivity contribution in [1.29, 1.82) is 0 Å². The highest BCUT2D eigenvalue weighted by molar-refractivity contribution is 7.16. The number of aromatic nitrogens is 1. The number of amides is 1. The quantitative estimate of drug-likeness (QED) is 0.784. The Labute approximate surface area is 141 Å². The summed E-state index contributed by atoms with van der Waals surface area (Å²) >= 11 is 13.6. The van der Waals surface area contributed by atoms with Crippen molar-refractivity contribution in [3.63, 3.8) is 0 Å². The third-order valence-corrected chi connectivity index (χ3v) is 4.69. The SMILES string of the molecule is CCOC(=O)Cn1c(=NC(=O)CC)sc2ccc(Cl)c(Cl)c21. The van der Waals surface area contributed by atoms with E-state index >= 15 is 0 Å². The topological polar surface area (TPSA) is 60.7 Å². The minimum atomic E-state index is -0.427. The summed E-state index contributed by atoms with van der Waals surface area (Å²) in [4.78, 5) is 27.9. The second-order valence-electron chi connectivity index (χ2n) is 4.34. The molecule has 0 aliphatic heterocycles. The van der Waals surface area contributed by atoms with E-state index < -0.39 is 5.97 Å². The number of carbonyl (C=O) groups is 2. The van der Waals surface area contributed by atoms with Gasteiger partial charge in [0.15, 0.2) is 4.80 Å². The third-order valence-electron chi connectivity index (χ3n) is 2.85. The maximum Gasteiger partial charge on any atom is 0.326 e. The summed E-state index contributed by atoms with van der Waals surface area (Å²) < 4.78 is 7.32. The molecule has 5 nitrogen and oxygen atoms in total. The van der Waals surface area contributed by atoms with Gasteiger partial charge in [-0.25, -0.2) is 0 Å². The summed E-state index contributed by atoms with van der Waals surface area (Å²) in [5.41, 5.74) is 0.579. The highest BCUT2D eigenvalue weighted by atomic mass is 35.5. The maximum absolute atomic E-state index is 11.8. The first kappa shape index (κ1) is 17.0. The van der Waals surface area contributed by atoms with Crippen molar-refractivity contribution >= 4 is 56.6 Å². The molecule has 0 atom stereocenters. The summed E-state index contributed by atoms with van der Waals surface area (Å²) in [6.45, 7) is 3.64. The summed E-state index contributed by atoms with van der Waals surface area (Å²) in [6.07, 6.45) is 0.280. The van der Waals surface area contributed by atoms with Crippen LogP contribution >= 0.6 is 34.5 Å². The number of carbonyl (C=O) groups excluding carboxylic acids is 2. The first-order valence-electron chi connectivity index (χ1n) is 6.68. The van der Waals surface area contributed by atoms with Gasteiger partial charge in [-0.15, -0.1) is 0 Å². The van der Waals surface area contributed by atoms with E-state index in [9.17, 15) is 9.59 Å². The van der Waals surface area contributed by atoms with Gasteiger partial charge in [0.25, 0.3) is 0 Å². The van der Waals surface area contributed by atoms with E-state index in [0.717, 1.165) is 4.70 Å². The fourth-order valence-electron chi connectivity index (χ4n) is 1.86. The number of rotatable bonds is 4. The Morgan fingerprint density at radius 2 is 2.05 bits per heavy atom. The van der Waals surface area contributed by atoms with Crippen LogP contribution in [0, 0.1) is 0 Å². The third kappa shape index (κ3) is 3.51. The molecule has 0 aliphatic carbocycles. The number of esters is 1. The first-order chi connectivity index (χ1) is 10.5. The van der Waals surface area contributed by atoms with Crippen LogP contribution in [0.3, 0.4) is 0 Å². The van der Waals surface area contributed by atoms with Crippen LogP contribution in [-0.4, -0.2) is 23.1 Å². The van der Waals surface area contributed by atoms with Crippen molar-refractivity contribution < 1.29 is 14.3 Å². The van der Waals surface area contributed by atoms with Crippen molar-refractivity contribution in [3.8, 4) is 0 Å². The van der Waals surface area contributed by atoms with E-state index in [4.69, 9.17) is 27.9 Å². The molecule has 1 aromatic carbocycles. The minimum absolute atomic E-state index is 0.0796. The van der Waals surface area contributed by atoms with E-state index in [1.54, 1.807) is 30.5 Å². The first-order valence-corrected chi connectivity index (χ1v) is 8.25. The molecule has 0 aliphatic rings. The van der Waals surface area contributed by atoms with E-state index in [1.165, 1.54) is 11.3 Å². The van der Waals surface area contributed by atoms with Gasteiger partial charge in [-0.05, 0) is 19.1 Å². The lowest BCUT2D eigenvalue weighted by atomic mass is 10.3. The Hall–Kier alpha value is -1.37. The Morgan fingerprint density at radius 3 is 2.68 bits per heavy atom. The molecule has 1 amide bonds. The molecule has 2 rings (SSSR count). The lowest BCUT2D eigenvalue weighted by Crippen LogP contribution is -2.23. The van der Waals surface area contributed by atoms with Gasteiger partial charge in [0, 0.05) is 6.42 Å². The number of benzene rings is 1. The average molecular weight is 361 g/mol. The fourth-order valence-corrected chi connectivity index (χ4v) is 3.39. The van der Waals surface area contributed by atoms with E-state index in [0.29, 0.717) is 20.4 Å². The van der Waals surface area contributed by atoms with Crippen LogP contribution in [0.1, 0.15) is 20.3 Å². The molecule has 0 fully saturated rings. The molecule has 0 radical (unpaired) electrons. The Bertz CT molecular complexity index is 795. The number of nitrogens with zero attached hydrogens (tertiary/aromatic N) is 2. The molecule has 8 heteroatoms. The summed E-state index contributed by atoms with van der Waals surface area (Å²) in [5.74, 6) is -0.699. The number of hydrogen-bond acceptors (Lipinski definition) is 4. The molecular formula is C14H14Cl2N2O3S. The number of halogens is 2. The monoisotopic (exact) mass is 360 g/mol. The fraction of sp³-hybridized carbons (Fsp3) is 0.357. The number of hydrogen-bond donors (Lipinski definition) is 0. The van der Waals surface area contributed by atoms with Crippen LogP contribution in [0.4, 0.5) is 0 Å². The van der Waals surface area contributed by atoms with Crippen LogP contribution in [0.5, 0.6) is 0 Å². The number of fused-ring (bicyclic) bond motifs is 1. The van der Waals surface area contributed by atoms with Crippen LogP contribution in [-0.2, 0) is 20.9 Å². The molecule has 2 aromatic rings. The Kier molecular flexibility index (Phi) is 5.61. The molecule has 1 heterocycles. The molecule has 22 heavy (non-hydrogen) atoms. The molecule has 0 unspecified atom stereocenters. The van der Waals surface area contributed by atoms with Gasteiger partial charge in [0.1, 0.15) is 6.54 Å².